The molecule has 1 aromatic heterocycles. The molecule has 24 heavy (non-hydrogen) atoms. The molecule has 0 bridgehead atoms. The van der Waals surface area contributed by atoms with E-state index in [-0.39, 0.29) is 4.90 Å². The maximum atomic E-state index is 12.5. The van der Waals surface area contributed by atoms with Gasteiger partial charge in [0.1, 0.15) is 0 Å². The Bertz CT molecular complexity index is 973. The Morgan fingerprint density at radius 2 is 1.88 bits per heavy atom. The van der Waals surface area contributed by atoms with Crippen molar-refractivity contribution in [2.45, 2.75) is 11.3 Å². The Kier molecular flexibility index (Phi) is 4.84. The van der Waals surface area contributed by atoms with Crippen molar-refractivity contribution in [3.63, 3.8) is 0 Å². The highest BCUT2D eigenvalue weighted by atomic mass is 79.9. The molecule has 0 aliphatic rings. The fourth-order valence-corrected chi connectivity index (χ4v) is 3.91. The second-order valence-corrected chi connectivity index (χ2v) is 7.86. The number of aromatic nitrogens is 1. The first kappa shape index (κ1) is 16.9. The quantitative estimate of drug-likeness (QED) is 0.681. The largest absolute Gasteiger partial charge is 0.330 e. The van der Waals surface area contributed by atoms with E-state index in [0.717, 1.165) is 27.4 Å². The maximum absolute atomic E-state index is 12.5. The van der Waals surface area contributed by atoms with Gasteiger partial charge < -0.3 is 5.73 Å². The fraction of sp³-hybridized carbons (Fsp3) is 0.118. The van der Waals surface area contributed by atoms with Gasteiger partial charge >= 0.3 is 0 Å². The minimum absolute atomic E-state index is 0.206. The molecule has 124 valence electrons. The first-order chi connectivity index (χ1) is 11.5. The summed E-state index contributed by atoms with van der Waals surface area (Å²) in [6, 6.07) is 14.1. The second kappa shape index (κ2) is 6.88. The zero-order valence-electron chi connectivity index (χ0n) is 12.7. The average molecular weight is 406 g/mol. The number of nitrogens with two attached hydrogens (primary N) is 1. The summed E-state index contributed by atoms with van der Waals surface area (Å²) >= 11 is 3.43. The summed E-state index contributed by atoms with van der Waals surface area (Å²) in [6.45, 7) is 0.530. The minimum atomic E-state index is -3.66. The summed E-state index contributed by atoms with van der Waals surface area (Å²) in [5.74, 6) is 0. The van der Waals surface area contributed by atoms with Crippen molar-refractivity contribution in [3.8, 4) is 0 Å². The second-order valence-electron chi connectivity index (χ2n) is 5.32. The van der Waals surface area contributed by atoms with Crippen molar-refractivity contribution in [2.75, 3.05) is 11.3 Å². The normalized spacial score (nSPS) is 11.6. The summed E-state index contributed by atoms with van der Waals surface area (Å²) in [7, 11) is -3.66. The van der Waals surface area contributed by atoms with Crippen LogP contribution in [-0.4, -0.2) is 19.9 Å². The van der Waals surface area contributed by atoms with Crippen LogP contribution in [0.15, 0.2) is 64.1 Å². The smallest absolute Gasteiger partial charge is 0.261 e. The predicted molar refractivity (Wildman–Crippen MR) is 99.5 cm³/mol. The highest BCUT2D eigenvalue weighted by Crippen LogP contribution is 2.25. The summed E-state index contributed by atoms with van der Waals surface area (Å²) in [6.07, 6.45) is 2.23. The molecule has 0 saturated heterocycles. The third-order valence-corrected chi connectivity index (χ3v) is 5.62. The molecule has 0 aliphatic heterocycles. The molecule has 0 amide bonds. The van der Waals surface area contributed by atoms with E-state index >= 15 is 0 Å². The molecule has 0 spiro atoms. The monoisotopic (exact) mass is 405 g/mol. The maximum Gasteiger partial charge on any atom is 0.261 e. The average Bonchev–Trinajstić information content (AvgIpc) is 2.55. The van der Waals surface area contributed by atoms with E-state index in [9.17, 15) is 8.42 Å². The lowest BCUT2D eigenvalue weighted by molar-refractivity contribution is 0.601. The van der Waals surface area contributed by atoms with Crippen LogP contribution in [-0.2, 0) is 16.4 Å². The van der Waals surface area contributed by atoms with E-state index in [1.807, 2.05) is 18.2 Å². The molecule has 0 saturated carbocycles. The van der Waals surface area contributed by atoms with Crippen molar-refractivity contribution in [2.24, 2.45) is 5.73 Å². The number of halogens is 1. The topological polar surface area (TPSA) is 85.1 Å². The molecule has 0 radical (unpaired) electrons. The standard InChI is InChI=1S/C17H16BrN3O2S/c18-16-3-1-2-13-10-14(11-20-17(13)16)21-24(22,23)15-6-4-12(5-7-15)8-9-19/h1-7,10-11,21H,8-9,19H2. The molecular formula is C17H16BrN3O2S. The molecule has 0 atom stereocenters. The van der Waals surface area contributed by atoms with Crippen molar-refractivity contribution < 1.29 is 8.42 Å². The number of nitrogens with one attached hydrogen (secondary N) is 1. The van der Waals surface area contributed by atoms with Crippen LogP contribution in [0.2, 0.25) is 0 Å². The number of sulfonamides is 1. The highest BCUT2D eigenvalue weighted by molar-refractivity contribution is 9.10. The van der Waals surface area contributed by atoms with Crippen LogP contribution in [0.4, 0.5) is 5.69 Å². The third-order valence-electron chi connectivity index (χ3n) is 3.58. The molecule has 0 unspecified atom stereocenters. The van der Waals surface area contributed by atoms with Gasteiger partial charge in [-0.3, -0.25) is 9.71 Å². The number of fused-ring (bicyclic) bond motifs is 1. The Morgan fingerprint density at radius 3 is 2.58 bits per heavy atom. The van der Waals surface area contributed by atoms with Crippen LogP contribution in [0.1, 0.15) is 5.56 Å². The zero-order chi connectivity index (χ0) is 17.2. The number of rotatable bonds is 5. The number of anilines is 1. The van der Waals surface area contributed by atoms with Crippen LogP contribution >= 0.6 is 15.9 Å². The van der Waals surface area contributed by atoms with Gasteiger partial charge in [0, 0.05) is 9.86 Å². The van der Waals surface area contributed by atoms with Gasteiger partial charge in [-0.2, -0.15) is 0 Å². The summed E-state index contributed by atoms with van der Waals surface area (Å²) in [4.78, 5) is 4.52. The predicted octanol–water partition coefficient (Wildman–Crippen LogP) is 3.30. The number of nitrogens with zero attached hydrogens (tertiary/aromatic N) is 1. The highest BCUT2D eigenvalue weighted by Gasteiger charge is 2.14. The summed E-state index contributed by atoms with van der Waals surface area (Å²) in [5, 5.41) is 0.850. The van der Waals surface area contributed by atoms with E-state index < -0.39 is 10.0 Å². The van der Waals surface area contributed by atoms with Gasteiger partial charge in [-0.1, -0.05) is 24.3 Å². The van der Waals surface area contributed by atoms with E-state index in [0.29, 0.717) is 12.2 Å². The number of para-hydroxylation sites is 1. The van der Waals surface area contributed by atoms with Crippen LogP contribution in [0.25, 0.3) is 10.9 Å². The van der Waals surface area contributed by atoms with E-state index in [1.54, 1.807) is 30.3 Å². The molecular weight excluding hydrogens is 390 g/mol. The van der Waals surface area contributed by atoms with Gasteiger partial charge in [0.15, 0.2) is 0 Å². The van der Waals surface area contributed by atoms with Crippen molar-refractivity contribution in [1.82, 2.24) is 4.98 Å². The Balaban J connectivity index is 1.88. The zero-order valence-corrected chi connectivity index (χ0v) is 15.1. The summed E-state index contributed by atoms with van der Waals surface area (Å²) in [5.41, 5.74) is 7.72. The van der Waals surface area contributed by atoms with Gasteiger partial charge in [0.05, 0.1) is 22.3 Å². The van der Waals surface area contributed by atoms with E-state index in [4.69, 9.17) is 5.73 Å². The lowest BCUT2D eigenvalue weighted by Crippen LogP contribution is -2.13. The van der Waals surface area contributed by atoms with Crippen LogP contribution in [0.3, 0.4) is 0 Å². The number of benzene rings is 2. The van der Waals surface area contributed by atoms with Gasteiger partial charge in [0.2, 0.25) is 0 Å². The van der Waals surface area contributed by atoms with Crippen LogP contribution in [0, 0.1) is 0 Å². The lowest BCUT2D eigenvalue weighted by Gasteiger charge is -2.09. The SMILES string of the molecule is NCCc1ccc(S(=O)(=O)Nc2cnc3c(Br)cccc3c2)cc1. The van der Waals surface area contributed by atoms with E-state index in [1.165, 1.54) is 6.20 Å². The molecule has 3 N–H and O–H groups in total. The number of pyridine rings is 1. The first-order valence-electron chi connectivity index (χ1n) is 7.36. The molecule has 3 rings (SSSR count). The van der Waals surface area contributed by atoms with Crippen LogP contribution < -0.4 is 10.5 Å². The minimum Gasteiger partial charge on any atom is -0.330 e. The van der Waals surface area contributed by atoms with Crippen molar-refractivity contribution in [3.05, 3.63) is 64.8 Å². The number of hydrogen-bond acceptors (Lipinski definition) is 4. The van der Waals surface area contributed by atoms with E-state index in [2.05, 4.69) is 25.6 Å². The van der Waals surface area contributed by atoms with Crippen molar-refractivity contribution >= 4 is 42.5 Å². The Hall–Kier alpha value is -1.96. The van der Waals surface area contributed by atoms with Gasteiger partial charge in [-0.05, 0) is 58.7 Å². The molecule has 5 nitrogen and oxygen atoms in total. The Morgan fingerprint density at radius 1 is 1.12 bits per heavy atom. The molecule has 7 heteroatoms. The summed E-state index contributed by atoms with van der Waals surface area (Å²) < 4.78 is 28.4. The van der Waals surface area contributed by atoms with Gasteiger partial charge in [-0.15, -0.1) is 0 Å². The molecule has 2 aromatic carbocycles. The fourth-order valence-electron chi connectivity index (χ4n) is 2.40. The van der Waals surface area contributed by atoms with Crippen LogP contribution in [0.5, 0.6) is 0 Å². The van der Waals surface area contributed by atoms with Crippen molar-refractivity contribution in [1.29, 1.82) is 0 Å². The van der Waals surface area contributed by atoms with Gasteiger partial charge in [-0.25, -0.2) is 8.42 Å². The lowest BCUT2D eigenvalue weighted by atomic mass is 10.2. The molecule has 0 fully saturated rings. The van der Waals surface area contributed by atoms with Gasteiger partial charge in [0.25, 0.3) is 10.0 Å². The number of hydrogen-bond donors (Lipinski definition) is 2. The molecule has 0 aliphatic carbocycles. The molecule has 3 aromatic rings. The first-order valence-corrected chi connectivity index (χ1v) is 9.63. The third kappa shape index (κ3) is 3.58. The molecule has 1 heterocycles. The Labute approximate surface area is 149 Å².